The fraction of sp³-hybridized carbons (Fsp3) is 0.231. The Balaban J connectivity index is 2.38. The normalized spacial score (nSPS) is 12.3. The van der Waals surface area contributed by atoms with Gasteiger partial charge in [0.15, 0.2) is 0 Å². The van der Waals surface area contributed by atoms with Crippen LogP contribution in [0.2, 0.25) is 0 Å². The summed E-state index contributed by atoms with van der Waals surface area (Å²) in [6.07, 6.45) is 2.26. The average molecular weight is 246 g/mol. The van der Waals surface area contributed by atoms with E-state index in [2.05, 4.69) is 4.98 Å². The van der Waals surface area contributed by atoms with Gasteiger partial charge in [0.2, 0.25) is 0 Å². The molecule has 1 unspecified atom stereocenters. The first-order chi connectivity index (χ1) is 8.22. The minimum atomic E-state index is -0.238. The summed E-state index contributed by atoms with van der Waals surface area (Å²) in [6, 6.07) is 9.71. The van der Waals surface area contributed by atoms with Crippen LogP contribution in [0.5, 0.6) is 5.75 Å². The zero-order valence-electron chi connectivity index (χ0n) is 9.59. The average Bonchev–Trinajstić information content (AvgIpc) is 2.35. The molecule has 0 aliphatic carbocycles. The molecule has 17 heavy (non-hydrogen) atoms. The summed E-state index contributed by atoms with van der Waals surface area (Å²) in [5.41, 5.74) is 6.46. The van der Waals surface area contributed by atoms with E-state index in [0.29, 0.717) is 4.99 Å². The van der Waals surface area contributed by atoms with Gasteiger partial charge in [0.25, 0.3) is 0 Å². The second kappa shape index (κ2) is 5.10. The summed E-state index contributed by atoms with van der Waals surface area (Å²) in [4.78, 5) is 4.69. The largest absolute Gasteiger partial charge is 0.481 e. The molecule has 4 heteroatoms. The molecule has 0 saturated heterocycles. The monoisotopic (exact) mass is 246 g/mol. The fourth-order valence-electron chi connectivity index (χ4n) is 1.67. The van der Waals surface area contributed by atoms with E-state index in [1.165, 1.54) is 0 Å². The van der Waals surface area contributed by atoms with Crippen LogP contribution in [0.1, 0.15) is 13.3 Å². The van der Waals surface area contributed by atoms with Crippen molar-refractivity contribution in [2.75, 3.05) is 0 Å². The van der Waals surface area contributed by atoms with Gasteiger partial charge in [0.05, 0.1) is 0 Å². The van der Waals surface area contributed by atoms with Crippen LogP contribution in [-0.2, 0) is 0 Å². The molecule has 1 heterocycles. The zero-order chi connectivity index (χ0) is 12.3. The number of aromatic nitrogens is 1. The number of pyridine rings is 1. The predicted molar refractivity (Wildman–Crippen MR) is 73.2 cm³/mol. The highest BCUT2D eigenvalue weighted by Gasteiger charge is 2.13. The predicted octanol–water partition coefficient (Wildman–Crippen LogP) is 2.68. The molecule has 88 valence electrons. The lowest BCUT2D eigenvalue weighted by Crippen LogP contribution is -2.31. The van der Waals surface area contributed by atoms with Gasteiger partial charge >= 0.3 is 0 Å². The van der Waals surface area contributed by atoms with Gasteiger partial charge in [-0.3, -0.25) is 4.98 Å². The van der Waals surface area contributed by atoms with Crippen LogP contribution < -0.4 is 10.5 Å². The number of para-hydroxylation sites is 1. The van der Waals surface area contributed by atoms with Crippen LogP contribution in [0.4, 0.5) is 0 Å². The Morgan fingerprint density at radius 3 is 2.88 bits per heavy atom. The van der Waals surface area contributed by atoms with Crippen molar-refractivity contribution in [2.45, 2.75) is 19.4 Å². The third kappa shape index (κ3) is 2.53. The molecule has 0 bridgehead atoms. The van der Waals surface area contributed by atoms with Crippen molar-refractivity contribution in [2.24, 2.45) is 5.73 Å². The van der Waals surface area contributed by atoms with Crippen LogP contribution in [0, 0.1) is 0 Å². The molecule has 1 aromatic carbocycles. The highest BCUT2D eigenvalue weighted by Crippen LogP contribution is 2.24. The number of ether oxygens (including phenoxy) is 1. The van der Waals surface area contributed by atoms with Gasteiger partial charge in [-0.2, -0.15) is 0 Å². The molecule has 0 saturated carbocycles. The second-order valence-corrected chi connectivity index (χ2v) is 4.22. The molecule has 0 fully saturated rings. The second-order valence-electron chi connectivity index (χ2n) is 3.75. The quantitative estimate of drug-likeness (QED) is 0.843. The third-order valence-corrected chi connectivity index (χ3v) is 2.82. The summed E-state index contributed by atoms with van der Waals surface area (Å²) >= 11 is 4.97. The Morgan fingerprint density at radius 1 is 1.41 bits per heavy atom. The summed E-state index contributed by atoms with van der Waals surface area (Å²) < 4.78 is 5.81. The summed E-state index contributed by atoms with van der Waals surface area (Å²) in [7, 11) is 0. The van der Waals surface area contributed by atoms with E-state index < -0.39 is 0 Å². The van der Waals surface area contributed by atoms with Gasteiger partial charge in [0, 0.05) is 11.6 Å². The van der Waals surface area contributed by atoms with E-state index in [-0.39, 0.29) is 6.10 Å². The Hall–Kier alpha value is -1.68. The Labute approximate surface area is 106 Å². The Bertz CT molecular complexity index is 536. The van der Waals surface area contributed by atoms with Gasteiger partial charge in [-0.15, -0.1) is 0 Å². The highest BCUT2D eigenvalue weighted by molar-refractivity contribution is 7.80. The van der Waals surface area contributed by atoms with Crippen molar-refractivity contribution < 1.29 is 4.74 Å². The van der Waals surface area contributed by atoms with Crippen LogP contribution >= 0.6 is 12.2 Å². The lowest BCUT2D eigenvalue weighted by molar-refractivity contribution is 0.266. The van der Waals surface area contributed by atoms with Gasteiger partial charge in [-0.05, 0) is 18.6 Å². The maximum absolute atomic E-state index is 5.81. The minimum absolute atomic E-state index is 0.238. The molecular weight excluding hydrogens is 232 g/mol. The van der Waals surface area contributed by atoms with E-state index in [0.717, 1.165) is 23.1 Å². The molecule has 2 N–H and O–H groups in total. The minimum Gasteiger partial charge on any atom is -0.481 e. The topological polar surface area (TPSA) is 48.1 Å². The molecule has 1 aromatic heterocycles. The summed E-state index contributed by atoms with van der Waals surface area (Å²) in [6.45, 7) is 1.99. The van der Waals surface area contributed by atoms with Crippen molar-refractivity contribution in [3.63, 3.8) is 0 Å². The molecule has 2 aromatic rings. The van der Waals surface area contributed by atoms with Crippen molar-refractivity contribution in [3.05, 3.63) is 36.5 Å². The van der Waals surface area contributed by atoms with Crippen LogP contribution in [0.25, 0.3) is 10.9 Å². The van der Waals surface area contributed by atoms with Crippen LogP contribution in [-0.4, -0.2) is 16.1 Å². The van der Waals surface area contributed by atoms with Gasteiger partial charge in [-0.1, -0.05) is 37.3 Å². The first-order valence-electron chi connectivity index (χ1n) is 5.52. The first kappa shape index (κ1) is 11.8. The van der Waals surface area contributed by atoms with E-state index >= 15 is 0 Å². The van der Waals surface area contributed by atoms with E-state index in [1.807, 2.05) is 37.3 Å². The third-order valence-electron chi connectivity index (χ3n) is 2.55. The number of fused-ring (bicyclic) bond motifs is 1. The number of thiocarbonyl (C=S) groups is 1. The van der Waals surface area contributed by atoms with Gasteiger partial charge in [-0.25, -0.2) is 0 Å². The van der Waals surface area contributed by atoms with Gasteiger partial charge in [0.1, 0.15) is 22.4 Å². The van der Waals surface area contributed by atoms with Gasteiger partial charge < -0.3 is 10.5 Å². The van der Waals surface area contributed by atoms with E-state index in [4.69, 9.17) is 22.7 Å². The molecule has 0 aliphatic rings. The SMILES string of the molecule is CCC(Oc1cccc2cccnc12)C(N)=S. The smallest absolute Gasteiger partial charge is 0.148 e. The lowest BCUT2D eigenvalue weighted by Gasteiger charge is -2.16. The van der Waals surface area contributed by atoms with Crippen molar-refractivity contribution in [1.82, 2.24) is 4.98 Å². The first-order valence-corrected chi connectivity index (χ1v) is 5.93. The lowest BCUT2D eigenvalue weighted by atomic mass is 10.2. The maximum atomic E-state index is 5.81. The van der Waals surface area contributed by atoms with E-state index in [1.54, 1.807) is 6.20 Å². The number of nitrogens with two attached hydrogens (primary N) is 1. The molecule has 0 spiro atoms. The molecule has 0 radical (unpaired) electrons. The van der Waals surface area contributed by atoms with Crippen LogP contribution in [0.3, 0.4) is 0 Å². The zero-order valence-corrected chi connectivity index (χ0v) is 10.4. The highest BCUT2D eigenvalue weighted by atomic mass is 32.1. The van der Waals surface area contributed by atoms with Crippen molar-refractivity contribution >= 4 is 28.1 Å². The summed E-state index contributed by atoms with van der Waals surface area (Å²) in [5, 5.41) is 1.04. The molecule has 1 atom stereocenters. The molecule has 3 nitrogen and oxygen atoms in total. The molecule has 0 aliphatic heterocycles. The van der Waals surface area contributed by atoms with E-state index in [9.17, 15) is 0 Å². The maximum Gasteiger partial charge on any atom is 0.148 e. The fourth-order valence-corrected chi connectivity index (χ4v) is 1.88. The van der Waals surface area contributed by atoms with Crippen LogP contribution in [0.15, 0.2) is 36.5 Å². The van der Waals surface area contributed by atoms with Crippen molar-refractivity contribution in [3.8, 4) is 5.75 Å². The summed E-state index contributed by atoms with van der Waals surface area (Å²) in [5.74, 6) is 0.725. The molecular formula is C13H14N2OS. The standard InChI is InChI=1S/C13H14N2OS/c1-2-10(13(14)17)16-11-7-3-5-9-6-4-8-15-12(9)11/h3-8,10H,2H2,1H3,(H2,14,17). The Kier molecular flexibility index (Phi) is 3.54. The molecule has 2 rings (SSSR count). The Morgan fingerprint density at radius 2 is 2.18 bits per heavy atom. The molecule has 0 amide bonds. The number of hydrogen-bond acceptors (Lipinski definition) is 3. The number of rotatable bonds is 4. The van der Waals surface area contributed by atoms with Crippen molar-refractivity contribution in [1.29, 1.82) is 0 Å². The number of benzene rings is 1. The number of nitrogens with zero attached hydrogens (tertiary/aromatic N) is 1. The number of hydrogen-bond donors (Lipinski definition) is 1.